The molecule has 0 spiro atoms. The zero-order chi connectivity index (χ0) is 16.5. The molecule has 122 valence electrons. The number of fused-ring (bicyclic) bond motifs is 1. The molecule has 0 bridgehead atoms. The van der Waals surface area contributed by atoms with Crippen molar-refractivity contribution in [3.05, 3.63) is 48.2 Å². The Hall–Kier alpha value is -2.96. The first-order valence-corrected chi connectivity index (χ1v) is 8.00. The molecule has 0 aliphatic carbocycles. The zero-order valence-electron chi connectivity index (χ0n) is 13.5. The van der Waals surface area contributed by atoms with Crippen LogP contribution in [0, 0.1) is 6.92 Å². The molecule has 3 aromatic rings. The van der Waals surface area contributed by atoms with Crippen molar-refractivity contribution in [1.29, 1.82) is 0 Å². The van der Waals surface area contributed by atoms with E-state index < -0.39 is 0 Å². The summed E-state index contributed by atoms with van der Waals surface area (Å²) in [7, 11) is 0. The van der Waals surface area contributed by atoms with Gasteiger partial charge in [0.25, 0.3) is 0 Å². The number of carbonyl (C=O) groups excluding carboxylic acids is 1. The summed E-state index contributed by atoms with van der Waals surface area (Å²) >= 11 is 0. The molecule has 24 heavy (non-hydrogen) atoms. The number of para-hydroxylation sites is 1. The van der Waals surface area contributed by atoms with Crippen LogP contribution < -0.4 is 4.90 Å². The van der Waals surface area contributed by atoms with Gasteiger partial charge in [-0.25, -0.2) is 9.78 Å². The van der Waals surface area contributed by atoms with E-state index in [1.165, 1.54) is 15.9 Å². The van der Waals surface area contributed by atoms with Gasteiger partial charge in [-0.15, -0.1) is 5.10 Å². The molecule has 1 aromatic carbocycles. The molecule has 2 aromatic heterocycles. The van der Waals surface area contributed by atoms with Crippen LogP contribution in [0.4, 0.5) is 10.5 Å². The third kappa shape index (κ3) is 2.47. The number of amides is 1. The molecule has 1 fully saturated rings. The summed E-state index contributed by atoms with van der Waals surface area (Å²) in [6.07, 6.45) is 1.65. The van der Waals surface area contributed by atoms with Crippen LogP contribution in [0.2, 0.25) is 0 Å². The Morgan fingerprint density at radius 2 is 1.83 bits per heavy atom. The predicted octanol–water partition coefficient (Wildman–Crippen LogP) is 1.93. The summed E-state index contributed by atoms with van der Waals surface area (Å²) < 4.78 is 1.34. The number of hydrogen-bond acceptors (Lipinski definition) is 5. The highest BCUT2D eigenvalue weighted by Gasteiger charge is 2.25. The maximum atomic E-state index is 12.7. The lowest BCUT2D eigenvalue weighted by molar-refractivity contribution is 0.193. The van der Waals surface area contributed by atoms with Crippen molar-refractivity contribution in [2.75, 3.05) is 31.1 Å². The van der Waals surface area contributed by atoms with E-state index in [0.29, 0.717) is 24.3 Å². The van der Waals surface area contributed by atoms with E-state index in [-0.39, 0.29) is 6.03 Å². The average molecular weight is 322 g/mol. The maximum Gasteiger partial charge on any atom is 0.346 e. The van der Waals surface area contributed by atoms with E-state index in [1.807, 2.05) is 17.0 Å². The molecule has 7 nitrogen and oxygen atoms in total. The fourth-order valence-electron chi connectivity index (χ4n) is 3.10. The monoisotopic (exact) mass is 322 g/mol. The quantitative estimate of drug-likeness (QED) is 0.685. The minimum atomic E-state index is -0.144. The highest BCUT2D eigenvalue weighted by Crippen LogP contribution is 2.21. The van der Waals surface area contributed by atoms with Crippen LogP contribution in [-0.4, -0.2) is 57.1 Å². The van der Waals surface area contributed by atoms with Crippen LogP contribution >= 0.6 is 0 Å². The van der Waals surface area contributed by atoms with Crippen molar-refractivity contribution in [2.45, 2.75) is 6.92 Å². The number of rotatable bonds is 1. The number of anilines is 1. The zero-order valence-corrected chi connectivity index (χ0v) is 13.5. The molecule has 4 rings (SSSR count). The van der Waals surface area contributed by atoms with Crippen molar-refractivity contribution < 1.29 is 4.79 Å². The molecule has 1 aliphatic heterocycles. The van der Waals surface area contributed by atoms with Crippen molar-refractivity contribution in [3.8, 4) is 0 Å². The van der Waals surface area contributed by atoms with Gasteiger partial charge in [0, 0.05) is 38.1 Å². The summed E-state index contributed by atoms with van der Waals surface area (Å²) in [5, 5.41) is 7.91. The Balaban J connectivity index is 1.50. The van der Waals surface area contributed by atoms with E-state index in [9.17, 15) is 4.79 Å². The number of pyridine rings is 1. The van der Waals surface area contributed by atoms with Crippen LogP contribution in [0.15, 0.2) is 42.6 Å². The lowest BCUT2D eigenvalue weighted by Crippen LogP contribution is -2.50. The highest BCUT2D eigenvalue weighted by molar-refractivity contribution is 5.86. The predicted molar refractivity (Wildman–Crippen MR) is 91.1 cm³/mol. The van der Waals surface area contributed by atoms with E-state index in [1.54, 1.807) is 12.3 Å². The Morgan fingerprint density at radius 1 is 1.04 bits per heavy atom. The van der Waals surface area contributed by atoms with Gasteiger partial charge in [0.2, 0.25) is 5.65 Å². The number of aromatic nitrogens is 4. The first-order chi connectivity index (χ1) is 11.7. The second-order valence-corrected chi connectivity index (χ2v) is 5.89. The van der Waals surface area contributed by atoms with Crippen LogP contribution in [0.1, 0.15) is 5.56 Å². The van der Waals surface area contributed by atoms with Gasteiger partial charge in [-0.3, -0.25) is 0 Å². The number of piperazine rings is 1. The minimum absolute atomic E-state index is 0.144. The van der Waals surface area contributed by atoms with E-state index >= 15 is 0 Å². The van der Waals surface area contributed by atoms with Crippen LogP contribution in [0.25, 0.3) is 11.2 Å². The van der Waals surface area contributed by atoms with Crippen molar-refractivity contribution in [1.82, 2.24) is 24.9 Å². The van der Waals surface area contributed by atoms with Crippen molar-refractivity contribution >= 4 is 22.9 Å². The average Bonchev–Trinajstić information content (AvgIpc) is 3.06. The SMILES string of the molecule is Cc1ccccc1N1CCN(C(=O)n2nnc3ncccc32)CC1. The number of hydrogen-bond donors (Lipinski definition) is 0. The van der Waals surface area contributed by atoms with E-state index in [0.717, 1.165) is 13.1 Å². The maximum absolute atomic E-state index is 12.7. The summed E-state index contributed by atoms with van der Waals surface area (Å²) in [4.78, 5) is 21.0. The Kier molecular flexibility index (Phi) is 3.60. The van der Waals surface area contributed by atoms with Gasteiger partial charge in [0.15, 0.2) is 0 Å². The van der Waals surface area contributed by atoms with Gasteiger partial charge in [0.05, 0.1) is 0 Å². The molecule has 0 saturated carbocycles. The van der Waals surface area contributed by atoms with Gasteiger partial charge in [-0.1, -0.05) is 23.4 Å². The third-order valence-corrected chi connectivity index (χ3v) is 4.41. The van der Waals surface area contributed by atoms with Gasteiger partial charge in [-0.05, 0) is 30.7 Å². The van der Waals surface area contributed by atoms with Crippen LogP contribution in [0.5, 0.6) is 0 Å². The topological polar surface area (TPSA) is 67.2 Å². The van der Waals surface area contributed by atoms with E-state index in [4.69, 9.17) is 0 Å². The molecule has 7 heteroatoms. The molecule has 0 atom stereocenters. The normalized spacial score (nSPS) is 15.0. The summed E-state index contributed by atoms with van der Waals surface area (Å²) in [5.41, 5.74) is 3.62. The first kappa shape index (κ1) is 14.6. The number of benzene rings is 1. The first-order valence-electron chi connectivity index (χ1n) is 8.00. The molecule has 0 radical (unpaired) electrons. The second-order valence-electron chi connectivity index (χ2n) is 5.89. The summed E-state index contributed by atoms with van der Waals surface area (Å²) in [6.45, 7) is 5.05. The molecule has 0 N–H and O–H groups in total. The Bertz CT molecular complexity index is 881. The third-order valence-electron chi connectivity index (χ3n) is 4.41. The molecular formula is C17H18N6O. The molecule has 1 saturated heterocycles. The summed E-state index contributed by atoms with van der Waals surface area (Å²) in [6, 6.07) is 11.8. The van der Waals surface area contributed by atoms with Crippen molar-refractivity contribution in [2.24, 2.45) is 0 Å². The Morgan fingerprint density at radius 3 is 2.62 bits per heavy atom. The number of aryl methyl sites for hydroxylation is 1. The number of nitrogens with zero attached hydrogens (tertiary/aromatic N) is 6. The van der Waals surface area contributed by atoms with Gasteiger partial charge >= 0.3 is 6.03 Å². The smallest absolute Gasteiger partial charge is 0.346 e. The Labute approximate surface area is 139 Å². The van der Waals surface area contributed by atoms with E-state index in [2.05, 4.69) is 45.3 Å². The molecule has 1 aliphatic rings. The lowest BCUT2D eigenvalue weighted by atomic mass is 10.1. The van der Waals surface area contributed by atoms with Gasteiger partial charge in [0.1, 0.15) is 5.52 Å². The largest absolute Gasteiger partial charge is 0.368 e. The molecule has 1 amide bonds. The minimum Gasteiger partial charge on any atom is -0.368 e. The molecule has 0 unspecified atom stereocenters. The fourth-order valence-corrected chi connectivity index (χ4v) is 3.10. The molecular weight excluding hydrogens is 304 g/mol. The molecule has 3 heterocycles. The van der Waals surface area contributed by atoms with Crippen LogP contribution in [-0.2, 0) is 0 Å². The van der Waals surface area contributed by atoms with Gasteiger partial charge in [-0.2, -0.15) is 4.68 Å². The lowest BCUT2D eigenvalue weighted by Gasteiger charge is -2.36. The van der Waals surface area contributed by atoms with Crippen LogP contribution in [0.3, 0.4) is 0 Å². The fraction of sp³-hybridized carbons (Fsp3) is 0.294. The summed E-state index contributed by atoms with van der Waals surface area (Å²) in [5.74, 6) is 0. The van der Waals surface area contributed by atoms with Crippen molar-refractivity contribution in [3.63, 3.8) is 0 Å². The highest BCUT2D eigenvalue weighted by atomic mass is 16.2. The number of carbonyl (C=O) groups is 1. The standard InChI is InChI=1S/C17H18N6O/c1-13-5-2-3-6-14(13)21-9-11-22(12-10-21)17(24)23-15-7-4-8-18-16(15)19-20-23/h2-8H,9-12H2,1H3. The second kappa shape index (κ2) is 5.92. The van der Waals surface area contributed by atoms with Gasteiger partial charge < -0.3 is 9.80 Å².